The molecule has 72 heavy (non-hydrogen) atoms. The molecule has 0 amide bonds. The maximum Gasteiger partial charge on any atom is 0.343 e. The molecule has 0 bridgehead atoms. The molecule has 2 aromatic heterocycles. The lowest BCUT2D eigenvalue weighted by atomic mass is 9.46. The van der Waals surface area contributed by atoms with Gasteiger partial charge in [0.2, 0.25) is 0 Å². The van der Waals surface area contributed by atoms with Gasteiger partial charge in [0.25, 0.3) is 0 Å². The van der Waals surface area contributed by atoms with Crippen LogP contribution >= 0.6 is 11.3 Å². The predicted molar refractivity (Wildman–Crippen MR) is 311 cm³/mol. The summed E-state index contributed by atoms with van der Waals surface area (Å²) in [6, 6.07) is 51.7. The second-order valence-corrected chi connectivity index (χ2v) is 25.8. The molecule has 356 valence electrons. The molecular weight excluding hydrogens is 892 g/mol. The first-order chi connectivity index (χ1) is 34.4. The number of hydrogen-bond donors (Lipinski definition) is 0. The number of anilines is 5. The molecule has 0 N–H and O–H groups in total. The lowest BCUT2D eigenvalue weighted by Crippen LogP contribution is -2.60. The maximum atomic E-state index is 7.08. The Morgan fingerprint density at radius 1 is 0.486 bits per heavy atom. The quantitative estimate of drug-likeness (QED) is 0.165. The standard InChI is InChI=1S/C67H63BN2OS/c1-38-18-16-19-39(2)59(38)43-32-47-46-31-41-20-12-13-21-42(41)33-55(46)70(53-24-17-23-45-44-22-14-15-25-57(44)71-62(45)53)68-60(47)56(34-43)69(54-36-51-49(30-40(54)3)64(4,5)26-28-66(51,8)9)61-48-35-50-52(37-58(48)72-63(61)68)67(10,11)29-27-65(50,6)7/h12-25,30-37H,26-29H2,1-11H3. The lowest BCUT2D eigenvalue weighted by molar-refractivity contribution is 0.332. The number of para-hydroxylation sites is 2. The predicted octanol–water partition coefficient (Wildman–Crippen LogP) is 18.0. The molecule has 0 saturated carbocycles. The number of furan rings is 1. The topological polar surface area (TPSA) is 19.6 Å². The Balaban J connectivity index is 1.18. The Morgan fingerprint density at radius 2 is 1.08 bits per heavy atom. The smallest absolute Gasteiger partial charge is 0.343 e. The van der Waals surface area contributed by atoms with Gasteiger partial charge in [0.1, 0.15) is 5.58 Å². The van der Waals surface area contributed by atoms with Crippen LogP contribution in [0.5, 0.6) is 0 Å². The van der Waals surface area contributed by atoms with Crippen LogP contribution in [-0.2, 0) is 21.7 Å². The highest BCUT2D eigenvalue weighted by atomic mass is 32.1. The fourth-order valence-electron chi connectivity index (χ4n) is 14.0. The minimum absolute atomic E-state index is 0.0292. The van der Waals surface area contributed by atoms with Crippen LogP contribution in [0.2, 0.25) is 0 Å². The summed E-state index contributed by atoms with van der Waals surface area (Å²) in [5.41, 5.74) is 24.6. The molecule has 0 atom stereocenters. The van der Waals surface area contributed by atoms with Gasteiger partial charge in [-0.3, -0.25) is 0 Å². The van der Waals surface area contributed by atoms with E-state index in [2.05, 4.69) is 219 Å². The van der Waals surface area contributed by atoms with Gasteiger partial charge >= 0.3 is 6.85 Å². The van der Waals surface area contributed by atoms with Crippen molar-refractivity contribution in [1.29, 1.82) is 0 Å². The molecule has 2 aliphatic carbocycles. The largest absolute Gasteiger partial charge is 0.454 e. The van der Waals surface area contributed by atoms with Crippen LogP contribution < -0.4 is 20.0 Å². The molecular formula is C67H63BN2OS. The Bertz CT molecular complexity index is 3990. The average molecular weight is 955 g/mol. The van der Waals surface area contributed by atoms with E-state index in [-0.39, 0.29) is 28.5 Å². The Hall–Kier alpha value is -6.56. The molecule has 5 heteroatoms. The van der Waals surface area contributed by atoms with E-state index in [0.717, 1.165) is 40.5 Å². The second kappa shape index (κ2) is 14.8. The van der Waals surface area contributed by atoms with E-state index in [4.69, 9.17) is 4.42 Å². The van der Waals surface area contributed by atoms with E-state index in [1.807, 2.05) is 11.3 Å². The van der Waals surface area contributed by atoms with Gasteiger partial charge in [-0.1, -0.05) is 134 Å². The lowest BCUT2D eigenvalue weighted by Gasteiger charge is -2.46. The van der Waals surface area contributed by atoms with Crippen molar-refractivity contribution >= 4 is 99.7 Å². The summed E-state index contributed by atoms with van der Waals surface area (Å²) >= 11 is 2.02. The van der Waals surface area contributed by atoms with Crippen LogP contribution in [-0.4, -0.2) is 6.85 Å². The Morgan fingerprint density at radius 3 is 1.79 bits per heavy atom. The van der Waals surface area contributed by atoms with Crippen LogP contribution in [0.25, 0.3) is 65.1 Å². The summed E-state index contributed by atoms with van der Waals surface area (Å²) in [5.74, 6) is 0. The molecule has 8 aromatic carbocycles. The Labute approximate surface area is 429 Å². The van der Waals surface area contributed by atoms with E-state index in [0.29, 0.717) is 0 Å². The average Bonchev–Trinajstić information content (AvgIpc) is 3.93. The van der Waals surface area contributed by atoms with Gasteiger partial charge in [0, 0.05) is 48.3 Å². The van der Waals surface area contributed by atoms with Gasteiger partial charge in [0.05, 0.1) is 11.4 Å². The minimum Gasteiger partial charge on any atom is -0.454 e. The van der Waals surface area contributed by atoms with Crippen molar-refractivity contribution in [2.45, 2.75) is 124 Å². The van der Waals surface area contributed by atoms with Crippen LogP contribution in [0, 0.1) is 20.8 Å². The van der Waals surface area contributed by atoms with Crippen LogP contribution in [0.1, 0.15) is 120 Å². The van der Waals surface area contributed by atoms with Crippen molar-refractivity contribution in [3.63, 3.8) is 0 Å². The van der Waals surface area contributed by atoms with E-state index >= 15 is 0 Å². The number of nitrogens with zero attached hydrogens (tertiary/aromatic N) is 2. The van der Waals surface area contributed by atoms with Gasteiger partial charge in [-0.2, -0.15) is 0 Å². The molecule has 4 heterocycles. The zero-order valence-electron chi connectivity index (χ0n) is 43.8. The highest BCUT2D eigenvalue weighted by Crippen LogP contribution is 2.57. The van der Waals surface area contributed by atoms with E-state index < -0.39 is 0 Å². The molecule has 0 radical (unpaired) electrons. The zero-order valence-corrected chi connectivity index (χ0v) is 44.6. The van der Waals surface area contributed by atoms with Crippen molar-refractivity contribution in [2.24, 2.45) is 0 Å². The van der Waals surface area contributed by atoms with Gasteiger partial charge in [0.15, 0.2) is 5.58 Å². The van der Waals surface area contributed by atoms with Crippen LogP contribution in [0.15, 0.2) is 138 Å². The van der Waals surface area contributed by atoms with Crippen molar-refractivity contribution in [1.82, 2.24) is 0 Å². The Kier molecular flexibility index (Phi) is 9.07. The summed E-state index contributed by atoms with van der Waals surface area (Å²) in [6.07, 6.45) is 4.68. The van der Waals surface area contributed by atoms with Crippen molar-refractivity contribution in [3.05, 3.63) is 172 Å². The molecule has 14 rings (SSSR count). The SMILES string of the molecule is Cc1cc2c(cc1N1c3cc(-c4c(C)cccc4C)cc4c3B(c3sc5cc6c(cc5c31)C(C)(C)CCC6(C)C)N(c1cccc3c1oc1ccccc13)c1cc3ccccc3cc1-4)C(C)(C)CCC2(C)C. The van der Waals surface area contributed by atoms with Gasteiger partial charge in [-0.05, 0) is 195 Å². The van der Waals surface area contributed by atoms with Crippen molar-refractivity contribution in [2.75, 3.05) is 9.71 Å². The summed E-state index contributed by atoms with van der Waals surface area (Å²) in [5, 5.41) is 6.11. The summed E-state index contributed by atoms with van der Waals surface area (Å²) in [6.45, 7) is 26.6. The monoisotopic (exact) mass is 954 g/mol. The highest BCUT2D eigenvalue weighted by Gasteiger charge is 2.50. The molecule has 2 aliphatic heterocycles. The van der Waals surface area contributed by atoms with Gasteiger partial charge in [-0.25, -0.2) is 0 Å². The van der Waals surface area contributed by atoms with Crippen LogP contribution in [0.3, 0.4) is 0 Å². The fourth-order valence-corrected chi connectivity index (χ4v) is 15.3. The number of aryl methyl sites for hydroxylation is 3. The number of rotatable bonds is 3. The summed E-state index contributed by atoms with van der Waals surface area (Å²) < 4.78 is 9.82. The van der Waals surface area contributed by atoms with Crippen molar-refractivity contribution in [3.8, 4) is 22.3 Å². The number of fused-ring (bicyclic) bond motifs is 12. The molecule has 0 spiro atoms. The maximum absolute atomic E-state index is 7.08. The minimum atomic E-state index is -0.163. The molecule has 0 fully saturated rings. The molecule has 0 unspecified atom stereocenters. The fraction of sp³-hybridized carbons (Fsp3) is 0.284. The molecule has 4 aliphatic rings. The molecule has 10 aromatic rings. The third kappa shape index (κ3) is 6.10. The highest BCUT2D eigenvalue weighted by molar-refractivity contribution is 7.32. The first-order valence-corrected chi connectivity index (χ1v) is 27.3. The number of hydrogen-bond acceptors (Lipinski definition) is 4. The third-order valence-electron chi connectivity index (χ3n) is 18.3. The van der Waals surface area contributed by atoms with Crippen LogP contribution in [0.4, 0.5) is 28.4 Å². The zero-order chi connectivity index (χ0) is 49.5. The van der Waals surface area contributed by atoms with Gasteiger partial charge in [-0.15, -0.1) is 11.3 Å². The van der Waals surface area contributed by atoms with E-state index in [9.17, 15) is 0 Å². The summed E-state index contributed by atoms with van der Waals surface area (Å²) in [7, 11) is 0. The second-order valence-electron chi connectivity index (χ2n) is 24.7. The first kappa shape index (κ1) is 44.2. The number of thiophene rings is 1. The van der Waals surface area contributed by atoms with Gasteiger partial charge < -0.3 is 14.1 Å². The van der Waals surface area contributed by atoms with E-state index in [1.54, 1.807) is 0 Å². The van der Waals surface area contributed by atoms with E-state index in [1.165, 1.54) is 128 Å². The molecule has 3 nitrogen and oxygen atoms in total. The first-order valence-electron chi connectivity index (χ1n) is 26.4. The third-order valence-corrected chi connectivity index (χ3v) is 19.5. The molecule has 0 saturated heterocycles. The number of benzene rings is 8. The van der Waals surface area contributed by atoms with Crippen molar-refractivity contribution < 1.29 is 4.42 Å². The normalized spacial score (nSPS) is 17.8. The summed E-state index contributed by atoms with van der Waals surface area (Å²) in [4.78, 5) is 5.47.